The number of methoxy groups -OCH3 is 1. The highest BCUT2D eigenvalue weighted by molar-refractivity contribution is 5.70. The summed E-state index contributed by atoms with van der Waals surface area (Å²) in [4.78, 5) is 10.8. The molecule has 1 aliphatic rings. The lowest BCUT2D eigenvalue weighted by molar-refractivity contribution is -0.146. The molecule has 3 atom stereocenters. The third kappa shape index (κ3) is 2.33. The standard InChI is InChI=1S/C10H17NO3/c1-6-4-8(11-5-6)9(14-3)7(2)10(12)13/h7-9,11H,1,4-5H2,2-3H3,(H,12,13)/t7-,8+,9-/m1/s1. The van der Waals surface area contributed by atoms with Crippen LogP contribution in [0.15, 0.2) is 12.2 Å². The second-order valence-corrected chi connectivity index (χ2v) is 3.77. The van der Waals surface area contributed by atoms with Crippen molar-refractivity contribution in [2.45, 2.75) is 25.5 Å². The van der Waals surface area contributed by atoms with Gasteiger partial charge < -0.3 is 15.2 Å². The summed E-state index contributed by atoms with van der Waals surface area (Å²) in [6.07, 6.45) is 0.516. The van der Waals surface area contributed by atoms with E-state index >= 15 is 0 Å². The van der Waals surface area contributed by atoms with Crippen LogP contribution in [0.25, 0.3) is 0 Å². The third-order valence-electron chi connectivity index (χ3n) is 2.67. The zero-order valence-corrected chi connectivity index (χ0v) is 8.62. The first-order valence-electron chi connectivity index (χ1n) is 4.72. The molecule has 1 saturated heterocycles. The number of carboxylic acid groups (broad SMARTS) is 1. The number of hydrogen-bond acceptors (Lipinski definition) is 3. The average molecular weight is 199 g/mol. The van der Waals surface area contributed by atoms with Gasteiger partial charge in [-0.05, 0) is 13.3 Å². The Kier molecular flexibility index (Phi) is 3.66. The number of aliphatic carboxylic acids is 1. The fourth-order valence-electron chi connectivity index (χ4n) is 1.82. The number of rotatable bonds is 4. The van der Waals surface area contributed by atoms with E-state index in [2.05, 4.69) is 11.9 Å². The minimum atomic E-state index is -0.823. The second-order valence-electron chi connectivity index (χ2n) is 3.77. The third-order valence-corrected chi connectivity index (χ3v) is 2.67. The lowest BCUT2D eigenvalue weighted by atomic mass is 9.96. The van der Waals surface area contributed by atoms with Crippen molar-refractivity contribution < 1.29 is 14.6 Å². The van der Waals surface area contributed by atoms with Gasteiger partial charge in [-0.3, -0.25) is 4.79 Å². The Morgan fingerprint density at radius 1 is 1.79 bits per heavy atom. The smallest absolute Gasteiger partial charge is 0.308 e. The van der Waals surface area contributed by atoms with E-state index in [1.807, 2.05) is 0 Å². The number of carboxylic acids is 1. The summed E-state index contributed by atoms with van der Waals surface area (Å²) in [5.41, 5.74) is 1.11. The van der Waals surface area contributed by atoms with Crippen molar-refractivity contribution in [1.29, 1.82) is 0 Å². The second kappa shape index (κ2) is 4.57. The van der Waals surface area contributed by atoms with E-state index < -0.39 is 11.9 Å². The van der Waals surface area contributed by atoms with Gasteiger partial charge in [0.1, 0.15) is 0 Å². The zero-order valence-electron chi connectivity index (χ0n) is 8.62. The highest BCUT2D eigenvalue weighted by atomic mass is 16.5. The van der Waals surface area contributed by atoms with E-state index in [9.17, 15) is 4.79 Å². The van der Waals surface area contributed by atoms with Crippen molar-refractivity contribution in [3.05, 3.63) is 12.2 Å². The zero-order chi connectivity index (χ0) is 10.7. The van der Waals surface area contributed by atoms with Gasteiger partial charge in [-0.1, -0.05) is 12.2 Å². The molecule has 2 N–H and O–H groups in total. The highest BCUT2D eigenvalue weighted by Crippen LogP contribution is 2.20. The molecule has 1 fully saturated rings. The summed E-state index contributed by atoms with van der Waals surface area (Å²) in [6.45, 7) is 6.29. The van der Waals surface area contributed by atoms with E-state index in [0.29, 0.717) is 0 Å². The Bertz CT molecular complexity index is 240. The number of nitrogens with one attached hydrogen (secondary N) is 1. The van der Waals surface area contributed by atoms with Gasteiger partial charge in [-0.25, -0.2) is 0 Å². The number of carbonyl (C=O) groups is 1. The minimum absolute atomic E-state index is 0.0820. The predicted molar refractivity (Wildman–Crippen MR) is 53.1 cm³/mol. The first-order chi connectivity index (χ1) is 6.56. The van der Waals surface area contributed by atoms with Gasteiger partial charge in [0.25, 0.3) is 0 Å². The number of ether oxygens (including phenoxy) is 1. The largest absolute Gasteiger partial charge is 0.481 e. The van der Waals surface area contributed by atoms with Crippen LogP contribution in [0.1, 0.15) is 13.3 Å². The van der Waals surface area contributed by atoms with Crippen LogP contribution in [0.3, 0.4) is 0 Å². The van der Waals surface area contributed by atoms with Crippen LogP contribution in [0.5, 0.6) is 0 Å². The van der Waals surface area contributed by atoms with Crippen molar-refractivity contribution in [2.75, 3.05) is 13.7 Å². The molecular weight excluding hydrogens is 182 g/mol. The molecule has 1 aliphatic heterocycles. The fraction of sp³-hybridized carbons (Fsp3) is 0.700. The maximum Gasteiger partial charge on any atom is 0.308 e. The number of hydrogen-bond donors (Lipinski definition) is 2. The minimum Gasteiger partial charge on any atom is -0.481 e. The molecule has 0 radical (unpaired) electrons. The van der Waals surface area contributed by atoms with Crippen LogP contribution in [0.4, 0.5) is 0 Å². The van der Waals surface area contributed by atoms with Gasteiger partial charge in [0.15, 0.2) is 0 Å². The van der Waals surface area contributed by atoms with E-state index in [0.717, 1.165) is 18.5 Å². The van der Waals surface area contributed by atoms with Crippen LogP contribution < -0.4 is 5.32 Å². The summed E-state index contributed by atoms with van der Waals surface area (Å²) in [5.74, 6) is -1.32. The van der Waals surface area contributed by atoms with Gasteiger partial charge >= 0.3 is 5.97 Å². The molecule has 0 aromatic carbocycles. The Morgan fingerprint density at radius 3 is 2.79 bits per heavy atom. The summed E-state index contributed by atoms with van der Waals surface area (Å²) in [7, 11) is 1.55. The Labute approximate surface area is 83.9 Å². The van der Waals surface area contributed by atoms with Gasteiger partial charge in [0.05, 0.1) is 12.0 Å². The predicted octanol–water partition coefficient (Wildman–Crippen LogP) is 0.640. The lowest BCUT2D eigenvalue weighted by Crippen LogP contribution is -2.43. The maximum absolute atomic E-state index is 10.8. The van der Waals surface area contributed by atoms with Gasteiger partial charge in [0.2, 0.25) is 0 Å². The molecule has 0 saturated carbocycles. The van der Waals surface area contributed by atoms with E-state index in [1.54, 1.807) is 14.0 Å². The Hall–Kier alpha value is -0.870. The van der Waals surface area contributed by atoms with Crippen LogP contribution in [0.2, 0.25) is 0 Å². The molecule has 4 nitrogen and oxygen atoms in total. The van der Waals surface area contributed by atoms with Gasteiger partial charge in [-0.2, -0.15) is 0 Å². The van der Waals surface area contributed by atoms with Crippen LogP contribution in [0, 0.1) is 5.92 Å². The van der Waals surface area contributed by atoms with Gasteiger partial charge in [0, 0.05) is 19.7 Å². The van der Waals surface area contributed by atoms with Crippen molar-refractivity contribution in [2.24, 2.45) is 5.92 Å². The molecule has 0 bridgehead atoms. The SMILES string of the molecule is C=C1CN[C@H]([C@H](OC)[C@@H](C)C(=O)O)C1. The molecule has 0 spiro atoms. The molecule has 80 valence electrons. The molecule has 0 unspecified atom stereocenters. The van der Waals surface area contributed by atoms with Crippen molar-refractivity contribution in [3.63, 3.8) is 0 Å². The van der Waals surface area contributed by atoms with Crippen LogP contribution >= 0.6 is 0 Å². The summed E-state index contributed by atoms with van der Waals surface area (Å²) < 4.78 is 5.22. The maximum atomic E-state index is 10.8. The van der Waals surface area contributed by atoms with E-state index in [1.165, 1.54) is 0 Å². The first kappa shape index (κ1) is 11.2. The topological polar surface area (TPSA) is 58.6 Å². The fourth-order valence-corrected chi connectivity index (χ4v) is 1.82. The Balaban J connectivity index is 2.62. The molecule has 4 heteroatoms. The van der Waals surface area contributed by atoms with Crippen molar-refractivity contribution >= 4 is 5.97 Å². The molecule has 0 amide bonds. The van der Waals surface area contributed by atoms with E-state index in [-0.39, 0.29) is 12.1 Å². The first-order valence-corrected chi connectivity index (χ1v) is 4.72. The molecular formula is C10H17NO3. The molecule has 14 heavy (non-hydrogen) atoms. The molecule has 1 rings (SSSR count). The lowest BCUT2D eigenvalue weighted by Gasteiger charge is -2.25. The van der Waals surface area contributed by atoms with Crippen LogP contribution in [-0.2, 0) is 9.53 Å². The monoisotopic (exact) mass is 199 g/mol. The summed E-state index contributed by atoms with van der Waals surface area (Å²) in [5, 5.41) is 12.1. The van der Waals surface area contributed by atoms with Crippen molar-refractivity contribution in [3.8, 4) is 0 Å². The van der Waals surface area contributed by atoms with Gasteiger partial charge in [-0.15, -0.1) is 0 Å². The molecule has 0 aromatic rings. The molecule has 0 aliphatic carbocycles. The quantitative estimate of drug-likeness (QED) is 0.652. The Morgan fingerprint density at radius 2 is 2.43 bits per heavy atom. The van der Waals surface area contributed by atoms with Crippen molar-refractivity contribution in [1.82, 2.24) is 5.32 Å². The highest BCUT2D eigenvalue weighted by Gasteiger charge is 2.33. The molecule has 0 aromatic heterocycles. The average Bonchev–Trinajstić information content (AvgIpc) is 2.53. The molecule has 1 heterocycles. The van der Waals surface area contributed by atoms with Crippen LogP contribution in [-0.4, -0.2) is 36.9 Å². The summed E-state index contributed by atoms with van der Waals surface area (Å²) in [6, 6.07) is 0.0820. The summed E-state index contributed by atoms with van der Waals surface area (Å²) >= 11 is 0. The van der Waals surface area contributed by atoms with E-state index in [4.69, 9.17) is 9.84 Å². The normalized spacial score (nSPS) is 26.1.